The number of rotatable bonds is 9. The summed E-state index contributed by atoms with van der Waals surface area (Å²) in [6.07, 6.45) is 4.78. The zero-order valence-electron chi connectivity index (χ0n) is 22.7. The van der Waals surface area contributed by atoms with Crippen molar-refractivity contribution in [2.45, 2.75) is 89.2 Å². The average Bonchev–Trinajstić information content (AvgIpc) is 2.99. The minimum absolute atomic E-state index is 0.0640. The van der Waals surface area contributed by atoms with E-state index in [0.717, 1.165) is 25.7 Å². The summed E-state index contributed by atoms with van der Waals surface area (Å²) >= 11 is 0. The monoisotopic (exact) mass is 550 g/mol. The first-order valence-corrected chi connectivity index (χ1v) is 15.1. The highest BCUT2D eigenvalue weighted by molar-refractivity contribution is 7.88. The van der Waals surface area contributed by atoms with E-state index in [9.17, 15) is 22.8 Å². The summed E-state index contributed by atoms with van der Waals surface area (Å²) in [5, 5.41) is 5.86. The van der Waals surface area contributed by atoms with Crippen LogP contribution in [0.4, 0.5) is 4.79 Å². The average molecular weight is 551 g/mol. The van der Waals surface area contributed by atoms with Crippen LogP contribution in [0.25, 0.3) is 0 Å². The van der Waals surface area contributed by atoms with Gasteiger partial charge in [0.2, 0.25) is 21.8 Å². The zero-order chi connectivity index (χ0) is 27.8. The van der Waals surface area contributed by atoms with Crippen LogP contribution in [0.5, 0.6) is 0 Å². The summed E-state index contributed by atoms with van der Waals surface area (Å²) in [5.74, 6) is -0.510. The van der Waals surface area contributed by atoms with Crippen molar-refractivity contribution in [3.63, 3.8) is 0 Å². The summed E-state index contributed by atoms with van der Waals surface area (Å²) in [6.45, 7) is 6.32. The van der Waals surface area contributed by atoms with Crippen molar-refractivity contribution in [3.05, 3.63) is 35.9 Å². The van der Waals surface area contributed by atoms with Gasteiger partial charge < -0.3 is 20.3 Å². The number of hydrogen-bond acceptors (Lipinski definition) is 6. The van der Waals surface area contributed by atoms with E-state index in [-0.39, 0.29) is 30.2 Å². The number of hydrogen-bond donors (Lipinski definition) is 3. The molecule has 1 aliphatic carbocycles. The highest BCUT2D eigenvalue weighted by atomic mass is 32.2. The Labute approximate surface area is 226 Å². The van der Waals surface area contributed by atoms with E-state index in [1.807, 2.05) is 26.8 Å². The van der Waals surface area contributed by atoms with Gasteiger partial charge in [-0.25, -0.2) is 17.9 Å². The first-order valence-electron chi connectivity index (χ1n) is 13.5. The Morgan fingerprint density at radius 1 is 1.03 bits per heavy atom. The Hall–Kier alpha value is -2.66. The summed E-state index contributed by atoms with van der Waals surface area (Å²) in [7, 11) is -3.71. The molecule has 3 rings (SSSR count). The van der Waals surface area contributed by atoms with E-state index in [1.165, 1.54) is 4.90 Å². The third kappa shape index (κ3) is 10.2. The van der Waals surface area contributed by atoms with Gasteiger partial charge in [-0.05, 0) is 77.2 Å². The lowest BCUT2D eigenvalue weighted by Crippen LogP contribution is -2.50. The van der Waals surface area contributed by atoms with E-state index in [4.69, 9.17) is 4.74 Å². The van der Waals surface area contributed by atoms with Gasteiger partial charge in [-0.15, -0.1) is 0 Å². The molecule has 2 fully saturated rings. The largest absolute Gasteiger partial charge is 0.444 e. The van der Waals surface area contributed by atoms with Gasteiger partial charge in [-0.1, -0.05) is 30.3 Å². The number of ether oxygens (including phenoxy) is 1. The minimum Gasteiger partial charge on any atom is -0.444 e. The molecule has 11 heteroatoms. The predicted molar refractivity (Wildman–Crippen MR) is 145 cm³/mol. The van der Waals surface area contributed by atoms with Crippen molar-refractivity contribution >= 4 is 27.9 Å². The quantitative estimate of drug-likeness (QED) is 0.433. The molecule has 1 unspecified atom stereocenters. The van der Waals surface area contributed by atoms with Gasteiger partial charge in [0, 0.05) is 19.1 Å². The van der Waals surface area contributed by atoms with Crippen molar-refractivity contribution < 1.29 is 27.5 Å². The summed E-state index contributed by atoms with van der Waals surface area (Å²) in [4.78, 5) is 39.2. The minimum atomic E-state index is -3.71. The molecule has 2 aliphatic rings. The van der Waals surface area contributed by atoms with E-state index in [0.29, 0.717) is 43.8 Å². The van der Waals surface area contributed by atoms with Crippen LogP contribution in [-0.2, 0) is 30.1 Å². The van der Waals surface area contributed by atoms with Crippen LogP contribution in [0, 0.1) is 5.92 Å². The molecule has 1 aromatic carbocycles. The molecule has 0 radical (unpaired) electrons. The molecular weight excluding hydrogens is 508 g/mol. The number of carbonyl (C=O) groups excluding carboxylic acids is 3. The number of likely N-dealkylation sites (tertiary alicyclic amines) is 1. The number of benzene rings is 1. The van der Waals surface area contributed by atoms with Crippen LogP contribution in [-0.4, -0.2) is 68.5 Å². The van der Waals surface area contributed by atoms with Gasteiger partial charge >= 0.3 is 6.09 Å². The molecule has 3 N–H and O–H groups in total. The molecular formula is C27H42N4O6S. The molecule has 38 heavy (non-hydrogen) atoms. The van der Waals surface area contributed by atoms with Crippen molar-refractivity contribution in [2.75, 3.05) is 19.6 Å². The molecule has 0 spiro atoms. The Kier molecular flexibility index (Phi) is 10.6. The number of nitrogens with one attached hydrogen (secondary N) is 3. The van der Waals surface area contributed by atoms with Crippen molar-refractivity contribution in [1.82, 2.24) is 20.3 Å². The van der Waals surface area contributed by atoms with Crippen LogP contribution in [0.2, 0.25) is 0 Å². The number of alkyl carbamates (subject to hydrolysis) is 1. The third-order valence-corrected chi connectivity index (χ3v) is 8.15. The molecule has 1 heterocycles. The lowest BCUT2D eigenvalue weighted by atomic mass is 9.86. The smallest absolute Gasteiger partial charge is 0.407 e. The first-order chi connectivity index (χ1) is 17.9. The van der Waals surface area contributed by atoms with Crippen LogP contribution >= 0.6 is 0 Å². The molecule has 0 aromatic heterocycles. The Bertz CT molecular complexity index is 1050. The van der Waals surface area contributed by atoms with Crippen LogP contribution in [0.15, 0.2) is 30.3 Å². The topological polar surface area (TPSA) is 134 Å². The maximum atomic E-state index is 13.1. The van der Waals surface area contributed by atoms with E-state index < -0.39 is 27.8 Å². The SMILES string of the molecule is CC(C)(C)OC(=O)NC1CCC(CNC(=O)CN2CCCCC(NS(=O)(=O)Cc3ccccc3)C2=O)CC1. The van der Waals surface area contributed by atoms with Crippen molar-refractivity contribution in [1.29, 1.82) is 0 Å². The lowest BCUT2D eigenvalue weighted by Gasteiger charge is -2.30. The maximum Gasteiger partial charge on any atom is 0.407 e. The van der Waals surface area contributed by atoms with Crippen LogP contribution < -0.4 is 15.4 Å². The van der Waals surface area contributed by atoms with Crippen LogP contribution in [0.1, 0.15) is 71.3 Å². The molecule has 1 saturated carbocycles. The molecule has 1 aliphatic heterocycles. The summed E-state index contributed by atoms with van der Waals surface area (Å²) < 4.78 is 33.2. The van der Waals surface area contributed by atoms with E-state index in [2.05, 4.69) is 15.4 Å². The van der Waals surface area contributed by atoms with Gasteiger partial charge in [0.25, 0.3) is 0 Å². The number of carbonyl (C=O) groups is 3. The number of sulfonamides is 1. The Morgan fingerprint density at radius 2 is 1.71 bits per heavy atom. The van der Waals surface area contributed by atoms with Gasteiger partial charge in [0.15, 0.2) is 0 Å². The predicted octanol–water partition coefficient (Wildman–Crippen LogP) is 2.69. The second-order valence-electron chi connectivity index (χ2n) is 11.3. The molecule has 10 nitrogen and oxygen atoms in total. The maximum absolute atomic E-state index is 13.1. The Morgan fingerprint density at radius 3 is 2.37 bits per heavy atom. The summed E-state index contributed by atoms with van der Waals surface area (Å²) in [6, 6.07) is 8.02. The van der Waals surface area contributed by atoms with E-state index >= 15 is 0 Å². The third-order valence-electron chi connectivity index (χ3n) is 6.79. The highest BCUT2D eigenvalue weighted by Crippen LogP contribution is 2.24. The molecule has 1 saturated heterocycles. The molecule has 1 atom stereocenters. The molecule has 0 bridgehead atoms. The molecule has 1 aromatic rings. The fourth-order valence-electron chi connectivity index (χ4n) is 4.90. The summed E-state index contributed by atoms with van der Waals surface area (Å²) in [5.41, 5.74) is 0.110. The fraction of sp³-hybridized carbons (Fsp3) is 0.667. The molecule has 212 valence electrons. The Balaban J connectivity index is 1.42. The van der Waals surface area contributed by atoms with Crippen LogP contribution in [0.3, 0.4) is 0 Å². The normalized spacial score (nSPS) is 22.9. The fourth-order valence-corrected chi connectivity index (χ4v) is 6.26. The van der Waals surface area contributed by atoms with Gasteiger partial charge in [0.05, 0.1) is 12.3 Å². The van der Waals surface area contributed by atoms with Crippen molar-refractivity contribution in [2.24, 2.45) is 5.92 Å². The number of nitrogens with zero attached hydrogens (tertiary/aromatic N) is 1. The second-order valence-corrected chi connectivity index (χ2v) is 13.1. The van der Waals surface area contributed by atoms with Crippen molar-refractivity contribution in [3.8, 4) is 0 Å². The standard InChI is InChI=1S/C27H42N4O6S/c1-27(2,3)37-26(34)29-22-14-12-20(13-15-22)17-28-24(32)18-31-16-8-7-11-23(25(31)33)30-38(35,36)19-21-9-5-4-6-10-21/h4-6,9-10,20,22-23,30H,7-8,11-19H2,1-3H3,(H,28,32)(H,29,34). The zero-order valence-corrected chi connectivity index (χ0v) is 23.5. The van der Waals surface area contributed by atoms with Gasteiger partial charge in [-0.2, -0.15) is 0 Å². The van der Waals surface area contributed by atoms with Gasteiger partial charge in [0.1, 0.15) is 11.6 Å². The highest BCUT2D eigenvalue weighted by Gasteiger charge is 2.32. The second kappa shape index (κ2) is 13.4. The first kappa shape index (κ1) is 29.9. The van der Waals surface area contributed by atoms with Gasteiger partial charge in [-0.3, -0.25) is 9.59 Å². The number of amides is 3. The van der Waals surface area contributed by atoms with E-state index in [1.54, 1.807) is 24.3 Å². The lowest BCUT2D eigenvalue weighted by molar-refractivity contribution is -0.137. The molecule has 3 amide bonds.